The summed E-state index contributed by atoms with van der Waals surface area (Å²) >= 11 is 0. The van der Waals surface area contributed by atoms with E-state index in [9.17, 15) is 9.59 Å². The first-order chi connectivity index (χ1) is 10.3. The Balaban J connectivity index is 1.83. The summed E-state index contributed by atoms with van der Waals surface area (Å²) < 4.78 is 5.20. The van der Waals surface area contributed by atoms with Crippen molar-refractivity contribution in [2.24, 2.45) is 11.8 Å². The van der Waals surface area contributed by atoms with Crippen LogP contribution in [0.1, 0.15) is 64.2 Å². The van der Waals surface area contributed by atoms with Crippen LogP contribution in [0.2, 0.25) is 0 Å². The van der Waals surface area contributed by atoms with Gasteiger partial charge in [0.2, 0.25) is 0 Å². The van der Waals surface area contributed by atoms with Gasteiger partial charge in [0, 0.05) is 0 Å². The summed E-state index contributed by atoms with van der Waals surface area (Å²) in [6, 6.07) is 0. The first-order valence-electron chi connectivity index (χ1n) is 8.33. The molecule has 0 bridgehead atoms. The number of carbonyl (C=O) groups excluding carboxylic acids is 2. The van der Waals surface area contributed by atoms with Gasteiger partial charge in [-0.25, -0.2) is 0 Å². The summed E-state index contributed by atoms with van der Waals surface area (Å²) in [5.41, 5.74) is 0. The quantitative estimate of drug-likeness (QED) is 0.432. The van der Waals surface area contributed by atoms with E-state index in [0.717, 1.165) is 64.2 Å². The monoisotopic (exact) mass is 290 g/mol. The topological polar surface area (TPSA) is 43.4 Å². The minimum atomic E-state index is -0.298. The molecule has 3 heteroatoms. The van der Waals surface area contributed by atoms with Crippen LogP contribution in [0.4, 0.5) is 0 Å². The van der Waals surface area contributed by atoms with Gasteiger partial charge in [-0.2, -0.15) is 0 Å². The molecular weight excluding hydrogens is 264 g/mol. The zero-order valence-corrected chi connectivity index (χ0v) is 12.8. The van der Waals surface area contributed by atoms with Crippen molar-refractivity contribution in [3.8, 4) is 0 Å². The molecule has 2 aliphatic rings. The van der Waals surface area contributed by atoms with Gasteiger partial charge >= 0.3 is 11.9 Å². The molecule has 2 atom stereocenters. The van der Waals surface area contributed by atoms with Gasteiger partial charge in [-0.05, 0) is 64.2 Å². The Kier molecular flexibility index (Phi) is 6.71. The summed E-state index contributed by atoms with van der Waals surface area (Å²) in [5, 5.41) is 0. The number of esters is 2. The van der Waals surface area contributed by atoms with Gasteiger partial charge in [0.05, 0.1) is 11.8 Å². The minimum Gasteiger partial charge on any atom is -0.393 e. The SMILES string of the molecule is O=C(OC(=O)C1CCC=CCCC1)C1CCC=CCCC1. The molecule has 0 aromatic heterocycles. The van der Waals surface area contributed by atoms with E-state index in [-0.39, 0.29) is 23.8 Å². The van der Waals surface area contributed by atoms with E-state index in [1.165, 1.54) is 0 Å². The Bertz CT molecular complexity index is 371. The Morgan fingerprint density at radius 2 is 1.10 bits per heavy atom. The molecule has 0 amide bonds. The van der Waals surface area contributed by atoms with E-state index < -0.39 is 0 Å². The molecule has 0 saturated heterocycles. The summed E-state index contributed by atoms with van der Waals surface area (Å²) in [6.07, 6.45) is 17.7. The fourth-order valence-electron chi connectivity index (χ4n) is 3.06. The van der Waals surface area contributed by atoms with Crippen LogP contribution in [0.15, 0.2) is 24.3 Å². The summed E-state index contributed by atoms with van der Waals surface area (Å²) in [5.74, 6) is -0.805. The average molecular weight is 290 g/mol. The van der Waals surface area contributed by atoms with Gasteiger partial charge in [-0.1, -0.05) is 24.3 Å². The molecule has 0 N–H and O–H groups in total. The predicted octanol–water partition coefficient (Wildman–Crippen LogP) is 4.33. The van der Waals surface area contributed by atoms with E-state index in [0.29, 0.717) is 0 Å². The van der Waals surface area contributed by atoms with Crippen LogP contribution < -0.4 is 0 Å². The van der Waals surface area contributed by atoms with Gasteiger partial charge < -0.3 is 4.74 Å². The molecule has 0 aromatic carbocycles. The minimum absolute atomic E-state index is 0.104. The molecule has 0 aliphatic heterocycles. The number of rotatable bonds is 2. The third-order valence-electron chi connectivity index (χ3n) is 4.41. The van der Waals surface area contributed by atoms with Crippen LogP contribution in [0.5, 0.6) is 0 Å². The van der Waals surface area contributed by atoms with Crippen LogP contribution in [0.3, 0.4) is 0 Å². The smallest absolute Gasteiger partial charge is 0.316 e. The molecule has 21 heavy (non-hydrogen) atoms. The second-order valence-corrected chi connectivity index (χ2v) is 6.09. The second kappa shape index (κ2) is 8.81. The van der Waals surface area contributed by atoms with Gasteiger partial charge in [-0.15, -0.1) is 0 Å². The molecule has 0 radical (unpaired) electrons. The number of ether oxygens (including phenoxy) is 1. The Morgan fingerprint density at radius 3 is 1.57 bits per heavy atom. The Labute approximate surface area is 127 Å². The van der Waals surface area contributed by atoms with Crippen molar-refractivity contribution in [1.82, 2.24) is 0 Å². The number of carbonyl (C=O) groups is 2. The first kappa shape index (κ1) is 16.0. The number of hydrogen-bond acceptors (Lipinski definition) is 3. The molecule has 0 aromatic rings. The van der Waals surface area contributed by atoms with Crippen molar-refractivity contribution < 1.29 is 14.3 Å². The normalized spacial score (nSPS) is 27.0. The molecule has 0 fully saturated rings. The van der Waals surface area contributed by atoms with Crippen molar-refractivity contribution >= 4 is 11.9 Å². The lowest BCUT2D eigenvalue weighted by atomic mass is 9.93. The van der Waals surface area contributed by atoms with Crippen LogP contribution in [0, 0.1) is 11.8 Å². The number of allylic oxidation sites excluding steroid dienone is 4. The van der Waals surface area contributed by atoms with Crippen molar-refractivity contribution in [3.05, 3.63) is 24.3 Å². The molecule has 2 unspecified atom stereocenters. The maximum absolute atomic E-state index is 12.2. The molecule has 0 spiro atoms. The lowest BCUT2D eigenvalue weighted by molar-refractivity contribution is -0.166. The van der Waals surface area contributed by atoms with Crippen LogP contribution >= 0.6 is 0 Å². The molecule has 0 saturated carbocycles. The van der Waals surface area contributed by atoms with Crippen LogP contribution in [-0.4, -0.2) is 11.9 Å². The third-order valence-corrected chi connectivity index (χ3v) is 4.41. The highest BCUT2D eigenvalue weighted by molar-refractivity contribution is 5.87. The highest BCUT2D eigenvalue weighted by Crippen LogP contribution is 2.23. The van der Waals surface area contributed by atoms with E-state index in [1.54, 1.807) is 0 Å². The van der Waals surface area contributed by atoms with Gasteiger partial charge in [0.15, 0.2) is 0 Å². The zero-order valence-electron chi connectivity index (χ0n) is 12.8. The van der Waals surface area contributed by atoms with E-state index in [1.807, 2.05) is 0 Å². The van der Waals surface area contributed by atoms with E-state index >= 15 is 0 Å². The molecule has 3 nitrogen and oxygen atoms in total. The van der Waals surface area contributed by atoms with Crippen molar-refractivity contribution in [2.75, 3.05) is 0 Å². The number of hydrogen-bond donors (Lipinski definition) is 0. The van der Waals surface area contributed by atoms with Crippen molar-refractivity contribution in [3.63, 3.8) is 0 Å². The summed E-state index contributed by atoms with van der Waals surface area (Å²) in [7, 11) is 0. The van der Waals surface area contributed by atoms with Gasteiger partial charge in [-0.3, -0.25) is 9.59 Å². The lowest BCUT2D eigenvalue weighted by Gasteiger charge is -2.19. The maximum Gasteiger partial charge on any atom is 0.316 e. The molecular formula is C18H26O3. The van der Waals surface area contributed by atoms with Crippen molar-refractivity contribution in [1.29, 1.82) is 0 Å². The lowest BCUT2D eigenvalue weighted by Crippen LogP contribution is -2.26. The Morgan fingerprint density at radius 1 is 0.667 bits per heavy atom. The first-order valence-corrected chi connectivity index (χ1v) is 8.33. The zero-order chi connectivity index (χ0) is 14.9. The summed E-state index contributed by atoms with van der Waals surface area (Å²) in [4.78, 5) is 24.4. The van der Waals surface area contributed by atoms with Crippen molar-refractivity contribution in [2.45, 2.75) is 64.2 Å². The van der Waals surface area contributed by atoms with Gasteiger partial charge in [0.1, 0.15) is 0 Å². The molecule has 0 heterocycles. The van der Waals surface area contributed by atoms with E-state index in [4.69, 9.17) is 4.74 Å². The van der Waals surface area contributed by atoms with Gasteiger partial charge in [0.25, 0.3) is 0 Å². The Hall–Kier alpha value is -1.38. The fraction of sp³-hybridized carbons (Fsp3) is 0.667. The third kappa shape index (κ3) is 5.49. The van der Waals surface area contributed by atoms with Crippen LogP contribution in [0.25, 0.3) is 0 Å². The highest BCUT2D eigenvalue weighted by atomic mass is 16.6. The highest BCUT2D eigenvalue weighted by Gasteiger charge is 2.26. The predicted molar refractivity (Wildman–Crippen MR) is 82.5 cm³/mol. The largest absolute Gasteiger partial charge is 0.393 e. The van der Waals surface area contributed by atoms with E-state index in [2.05, 4.69) is 24.3 Å². The van der Waals surface area contributed by atoms with Crippen LogP contribution in [-0.2, 0) is 14.3 Å². The summed E-state index contributed by atoms with van der Waals surface area (Å²) in [6.45, 7) is 0. The fourth-order valence-corrected chi connectivity index (χ4v) is 3.06. The second-order valence-electron chi connectivity index (χ2n) is 6.09. The molecule has 2 aliphatic carbocycles. The maximum atomic E-state index is 12.2. The standard InChI is InChI=1S/C18H26O3/c19-17(15-11-7-3-1-4-8-12-15)21-18(20)16-13-9-5-2-6-10-14-16/h1-3,5,15-16H,4,6-14H2. The molecule has 116 valence electrons. The average Bonchev–Trinajstić information content (AvgIpc) is 2.37. The molecule has 2 rings (SSSR count).